The first-order valence-corrected chi connectivity index (χ1v) is 8.30. The Balaban J connectivity index is 2.18. The van der Waals surface area contributed by atoms with Crippen molar-refractivity contribution in [2.45, 2.75) is 6.92 Å². The van der Waals surface area contributed by atoms with Crippen LogP contribution in [0.25, 0.3) is 6.08 Å². The first-order chi connectivity index (χ1) is 11.8. The van der Waals surface area contributed by atoms with Gasteiger partial charge >= 0.3 is 0 Å². The summed E-state index contributed by atoms with van der Waals surface area (Å²) in [6, 6.07) is 8.02. The molecular formula is C18H14Cl3NO3. The third kappa shape index (κ3) is 5.23. The van der Waals surface area contributed by atoms with Crippen LogP contribution in [0.15, 0.2) is 36.4 Å². The molecule has 2 aromatic rings. The molecule has 0 radical (unpaired) electrons. The number of ketones is 1. The maximum Gasteiger partial charge on any atom is 0.255 e. The SMILES string of the molecule is Cc1cc(C(=O)/C=C/c2cc(Cl)cc(Cl)c2Cl)ccc1OCC(N)=O. The van der Waals surface area contributed by atoms with Crippen LogP contribution in [0.5, 0.6) is 5.75 Å². The van der Waals surface area contributed by atoms with Crippen LogP contribution in [0.1, 0.15) is 21.5 Å². The van der Waals surface area contributed by atoms with Crippen molar-refractivity contribution < 1.29 is 14.3 Å². The van der Waals surface area contributed by atoms with Crippen molar-refractivity contribution in [3.05, 3.63) is 68.2 Å². The van der Waals surface area contributed by atoms with Gasteiger partial charge in [-0.1, -0.05) is 34.8 Å². The summed E-state index contributed by atoms with van der Waals surface area (Å²) in [5.74, 6) is -0.305. The summed E-state index contributed by atoms with van der Waals surface area (Å²) in [6.07, 6.45) is 2.93. The number of amides is 1. The van der Waals surface area contributed by atoms with Gasteiger partial charge in [0.15, 0.2) is 12.4 Å². The summed E-state index contributed by atoms with van der Waals surface area (Å²) in [6.45, 7) is 1.55. The minimum Gasteiger partial charge on any atom is -0.484 e. The van der Waals surface area contributed by atoms with Crippen LogP contribution in [0.4, 0.5) is 0 Å². The normalized spacial score (nSPS) is 10.9. The van der Waals surface area contributed by atoms with Crippen LogP contribution in [0.2, 0.25) is 15.1 Å². The molecule has 1 amide bonds. The Kier molecular flexibility index (Phi) is 6.48. The van der Waals surface area contributed by atoms with Gasteiger partial charge in [0, 0.05) is 10.6 Å². The number of carbonyl (C=O) groups excluding carboxylic acids is 2. The second-order valence-corrected chi connectivity index (χ2v) is 6.45. The lowest BCUT2D eigenvalue weighted by molar-refractivity contribution is -0.119. The molecule has 4 nitrogen and oxygen atoms in total. The molecule has 0 aliphatic rings. The molecule has 0 saturated carbocycles. The van der Waals surface area contributed by atoms with Gasteiger partial charge in [-0.2, -0.15) is 0 Å². The number of ether oxygens (including phenoxy) is 1. The number of nitrogens with two attached hydrogens (primary N) is 1. The summed E-state index contributed by atoms with van der Waals surface area (Å²) in [5, 5.41) is 1.06. The molecule has 0 heterocycles. The second kappa shape index (κ2) is 8.39. The van der Waals surface area contributed by atoms with E-state index in [1.165, 1.54) is 12.1 Å². The summed E-state index contributed by atoms with van der Waals surface area (Å²) < 4.78 is 5.25. The van der Waals surface area contributed by atoms with E-state index in [1.807, 2.05) is 0 Å². The van der Waals surface area contributed by atoms with E-state index in [0.29, 0.717) is 37.5 Å². The molecule has 0 unspecified atom stereocenters. The quantitative estimate of drug-likeness (QED) is 0.435. The van der Waals surface area contributed by atoms with Gasteiger partial charge < -0.3 is 10.5 Å². The van der Waals surface area contributed by atoms with Crippen molar-refractivity contribution >= 4 is 52.6 Å². The number of carbonyl (C=O) groups is 2. The van der Waals surface area contributed by atoms with Crippen LogP contribution in [0.3, 0.4) is 0 Å². The number of hydrogen-bond donors (Lipinski definition) is 1. The first kappa shape index (κ1) is 19.3. The third-order valence-electron chi connectivity index (χ3n) is 3.26. The minimum absolute atomic E-state index is 0.220. The van der Waals surface area contributed by atoms with Gasteiger partial charge in [-0.3, -0.25) is 9.59 Å². The number of aryl methyl sites for hydroxylation is 1. The zero-order valence-electron chi connectivity index (χ0n) is 13.2. The molecule has 2 aromatic carbocycles. The standard InChI is InChI=1S/C18H14Cl3NO3/c1-10-6-11(3-5-16(10)25-9-17(22)24)15(23)4-2-12-7-13(19)8-14(20)18(12)21/h2-8H,9H2,1H3,(H2,22,24)/b4-2+. The Bertz CT molecular complexity index is 863. The number of halogens is 3. The lowest BCUT2D eigenvalue weighted by Crippen LogP contribution is -2.20. The number of rotatable bonds is 6. The van der Waals surface area contributed by atoms with Crippen molar-refractivity contribution in [2.24, 2.45) is 5.73 Å². The highest BCUT2D eigenvalue weighted by molar-refractivity contribution is 6.44. The van der Waals surface area contributed by atoms with E-state index in [1.54, 1.807) is 37.3 Å². The molecule has 0 aliphatic heterocycles. The molecule has 0 aliphatic carbocycles. The van der Waals surface area contributed by atoms with Gasteiger partial charge in [0.05, 0.1) is 10.0 Å². The smallest absolute Gasteiger partial charge is 0.255 e. The minimum atomic E-state index is -0.570. The molecule has 0 fully saturated rings. The monoisotopic (exact) mass is 397 g/mol. The summed E-state index contributed by atoms with van der Waals surface area (Å²) in [4.78, 5) is 23.1. The highest BCUT2D eigenvalue weighted by atomic mass is 35.5. The van der Waals surface area contributed by atoms with E-state index in [2.05, 4.69) is 0 Å². The van der Waals surface area contributed by atoms with Crippen molar-refractivity contribution in [1.82, 2.24) is 0 Å². The summed E-state index contributed by atoms with van der Waals surface area (Å²) in [5.41, 5.74) is 6.76. The fraction of sp³-hybridized carbons (Fsp3) is 0.111. The van der Waals surface area contributed by atoms with E-state index >= 15 is 0 Å². The summed E-state index contributed by atoms with van der Waals surface area (Å²) in [7, 11) is 0. The molecule has 7 heteroatoms. The number of allylic oxidation sites excluding steroid dienone is 1. The molecule has 0 spiro atoms. The van der Waals surface area contributed by atoms with Gasteiger partial charge in [-0.25, -0.2) is 0 Å². The topological polar surface area (TPSA) is 69.4 Å². The van der Waals surface area contributed by atoms with Crippen molar-refractivity contribution in [3.63, 3.8) is 0 Å². The molecular weight excluding hydrogens is 385 g/mol. The number of hydrogen-bond acceptors (Lipinski definition) is 3. The molecule has 0 atom stereocenters. The second-order valence-electron chi connectivity index (χ2n) is 5.22. The van der Waals surface area contributed by atoms with Gasteiger partial charge in [-0.15, -0.1) is 0 Å². The maximum atomic E-state index is 12.3. The van der Waals surface area contributed by atoms with Gasteiger partial charge in [-0.05, 0) is 60.5 Å². The van der Waals surface area contributed by atoms with Gasteiger partial charge in [0.1, 0.15) is 5.75 Å². The fourth-order valence-electron chi connectivity index (χ4n) is 2.07. The van der Waals surface area contributed by atoms with Crippen molar-refractivity contribution in [1.29, 1.82) is 0 Å². The number of primary amides is 1. The summed E-state index contributed by atoms with van der Waals surface area (Å²) >= 11 is 18.0. The average Bonchev–Trinajstić information content (AvgIpc) is 2.55. The highest BCUT2D eigenvalue weighted by Crippen LogP contribution is 2.30. The zero-order valence-corrected chi connectivity index (χ0v) is 15.5. The highest BCUT2D eigenvalue weighted by Gasteiger charge is 2.09. The molecule has 0 bridgehead atoms. The molecule has 130 valence electrons. The molecule has 2 rings (SSSR count). The average molecular weight is 399 g/mol. The van der Waals surface area contributed by atoms with Crippen LogP contribution in [-0.2, 0) is 4.79 Å². The molecule has 0 aromatic heterocycles. The van der Waals surface area contributed by atoms with Crippen molar-refractivity contribution in [2.75, 3.05) is 6.61 Å². The lowest BCUT2D eigenvalue weighted by atomic mass is 10.1. The molecule has 25 heavy (non-hydrogen) atoms. The van der Waals surface area contributed by atoms with E-state index in [9.17, 15) is 9.59 Å². The van der Waals surface area contributed by atoms with Crippen LogP contribution < -0.4 is 10.5 Å². The van der Waals surface area contributed by atoms with Crippen LogP contribution in [-0.4, -0.2) is 18.3 Å². The maximum absolute atomic E-state index is 12.3. The Morgan fingerprint density at radius 3 is 2.52 bits per heavy atom. The Morgan fingerprint density at radius 2 is 1.88 bits per heavy atom. The first-order valence-electron chi connectivity index (χ1n) is 7.16. The van der Waals surface area contributed by atoms with E-state index in [-0.39, 0.29) is 12.4 Å². The third-order valence-corrected chi connectivity index (χ3v) is 4.30. The fourth-order valence-corrected chi connectivity index (χ4v) is 2.75. The Labute approximate surface area is 160 Å². The van der Waals surface area contributed by atoms with Gasteiger partial charge in [0.25, 0.3) is 5.91 Å². The molecule has 0 saturated heterocycles. The predicted molar refractivity (Wildman–Crippen MR) is 101 cm³/mol. The molecule has 2 N–H and O–H groups in total. The van der Waals surface area contributed by atoms with E-state index in [0.717, 1.165) is 0 Å². The number of benzene rings is 2. The Morgan fingerprint density at radius 1 is 1.16 bits per heavy atom. The van der Waals surface area contributed by atoms with E-state index < -0.39 is 5.91 Å². The van der Waals surface area contributed by atoms with Gasteiger partial charge in [0.2, 0.25) is 0 Å². The van der Waals surface area contributed by atoms with Crippen LogP contribution >= 0.6 is 34.8 Å². The largest absolute Gasteiger partial charge is 0.484 e. The lowest BCUT2D eigenvalue weighted by Gasteiger charge is -2.08. The Hall–Kier alpha value is -2.01. The van der Waals surface area contributed by atoms with E-state index in [4.69, 9.17) is 45.3 Å². The van der Waals surface area contributed by atoms with Crippen LogP contribution in [0, 0.1) is 6.92 Å². The predicted octanol–water partition coefficient (Wildman–Crippen LogP) is 4.72. The van der Waals surface area contributed by atoms with Crippen molar-refractivity contribution in [3.8, 4) is 5.75 Å². The zero-order chi connectivity index (χ0) is 18.6.